The fourth-order valence-electron chi connectivity index (χ4n) is 1.21. The summed E-state index contributed by atoms with van der Waals surface area (Å²) in [5.41, 5.74) is 0. The number of carboxylic acid groups (broad SMARTS) is 1. The molecule has 2 heteroatoms. The topological polar surface area (TPSA) is 40.1 Å². The fraction of sp³-hybridized carbons (Fsp3) is 0.769. The van der Waals surface area contributed by atoms with Crippen molar-refractivity contribution in [2.75, 3.05) is 0 Å². The summed E-state index contributed by atoms with van der Waals surface area (Å²) in [7, 11) is 0. The summed E-state index contributed by atoms with van der Waals surface area (Å²) in [4.78, 5) is 9.14. The molecule has 2 nitrogen and oxygen atoms in total. The van der Waals surface area contributed by atoms with Crippen LogP contribution >= 0.6 is 0 Å². The van der Waals surface area contributed by atoms with E-state index in [9.17, 15) is 0 Å². The molecule has 0 saturated heterocycles. The van der Waals surface area contributed by atoms with Crippen LogP contribution in [0, 0.1) is 0 Å². The van der Waals surface area contributed by atoms with Crippen molar-refractivity contribution in [1.82, 2.24) is 0 Å². The highest BCUT2D eigenvalue weighted by atomic mass is 16.4. The highest BCUT2D eigenvalue weighted by Gasteiger charge is 1.87. The standard InChI is InChI=1S/C10H22.C3H4O2/c1-3-5-7-9-10-8-6-4-2;1-2-3(4)5/h3-10H2,1-2H3;2H,1H2,(H,4,5)/p-1. The van der Waals surface area contributed by atoms with E-state index in [1.54, 1.807) is 0 Å². The summed E-state index contributed by atoms with van der Waals surface area (Å²) >= 11 is 0. The minimum atomic E-state index is -1.23. The van der Waals surface area contributed by atoms with E-state index < -0.39 is 5.97 Å². The smallest absolute Gasteiger partial charge is 0.0636 e. The highest BCUT2D eigenvalue weighted by molar-refractivity contribution is 5.76. The monoisotopic (exact) mass is 213 g/mol. The van der Waals surface area contributed by atoms with E-state index in [4.69, 9.17) is 9.90 Å². The molecule has 0 aliphatic rings. The average Bonchev–Trinajstić information content (AvgIpc) is 2.24. The summed E-state index contributed by atoms with van der Waals surface area (Å²) in [6.07, 6.45) is 12.2. The van der Waals surface area contributed by atoms with Crippen LogP contribution in [-0.2, 0) is 4.79 Å². The number of rotatable bonds is 8. The van der Waals surface area contributed by atoms with Crippen molar-refractivity contribution in [3.63, 3.8) is 0 Å². The fourth-order valence-corrected chi connectivity index (χ4v) is 1.21. The Kier molecular flexibility index (Phi) is 17.4. The van der Waals surface area contributed by atoms with Gasteiger partial charge in [0.1, 0.15) is 0 Å². The van der Waals surface area contributed by atoms with Crippen molar-refractivity contribution < 1.29 is 9.90 Å². The molecule has 0 heterocycles. The van der Waals surface area contributed by atoms with E-state index in [1.807, 2.05) is 0 Å². The zero-order chi connectivity index (χ0) is 11.9. The van der Waals surface area contributed by atoms with Gasteiger partial charge in [0, 0.05) is 0 Å². The summed E-state index contributed by atoms with van der Waals surface area (Å²) < 4.78 is 0. The van der Waals surface area contributed by atoms with E-state index >= 15 is 0 Å². The molecule has 0 aliphatic carbocycles. The van der Waals surface area contributed by atoms with Crippen LogP contribution in [0.2, 0.25) is 0 Å². The molecule has 0 bridgehead atoms. The van der Waals surface area contributed by atoms with Crippen molar-refractivity contribution in [2.45, 2.75) is 65.2 Å². The first kappa shape index (κ1) is 16.6. The largest absolute Gasteiger partial charge is 0.545 e. The van der Waals surface area contributed by atoms with Crippen LogP contribution in [0.25, 0.3) is 0 Å². The second-order valence-corrected chi connectivity index (χ2v) is 3.64. The lowest BCUT2D eigenvalue weighted by Gasteiger charge is -1.97. The van der Waals surface area contributed by atoms with Crippen LogP contribution in [0.4, 0.5) is 0 Å². The van der Waals surface area contributed by atoms with Crippen LogP contribution in [0.5, 0.6) is 0 Å². The van der Waals surface area contributed by atoms with E-state index in [2.05, 4.69) is 20.4 Å². The molecule has 0 fully saturated rings. The lowest BCUT2D eigenvalue weighted by atomic mass is 10.1. The maximum absolute atomic E-state index is 9.14. The molecule has 0 aromatic rings. The second kappa shape index (κ2) is 15.7. The third kappa shape index (κ3) is 24.6. The molecule has 0 spiro atoms. The summed E-state index contributed by atoms with van der Waals surface area (Å²) in [5, 5.41) is 9.14. The van der Waals surface area contributed by atoms with Crippen LogP contribution < -0.4 is 5.11 Å². The molecule has 0 aliphatic heterocycles. The minimum absolute atomic E-state index is 0.722. The molecule has 0 atom stereocenters. The molecule has 0 unspecified atom stereocenters. The molecule has 0 aromatic heterocycles. The van der Waals surface area contributed by atoms with E-state index in [-0.39, 0.29) is 0 Å². The highest BCUT2D eigenvalue weighted by Crippen LogP contribution is 2.07. The second-order valence-electron chi connectivity index (χ2n) is 3.64. The Balaban J connectivity index is 0. The van der Waals surface area contributed by atoms with Gasteiger partial charge in [-0.2, -0.15) is 0 Å². The molecule has 0 radical (unpaired) electrons. The molecule has 0 aromatic carbocycles. The van der Waals surface area contributed by atoms with Crippen LogP contribution in [0.15, 0.2) is 12.7 Å². The normalized spacial score (nSPS) is 8.93. The van der Waals surface area contributed by atoms with Crippen molar-refractivity contribution in [2.24, 2.45) is 0 Å². The summed E-state index contributed by atoms with van der Waals surface area (Å²) in [6, 6.07) is 0. The Morgan fingerprint density at radius 3 is 1.47 bits per heavy atom. The van der Waals surface area contributed by atoms with Gasteiger partial charge in [0.25, 0.3) is 0 Å². The van der Waals surface area contributed by atoms with E-state index in [1.165, 1.54) is 51.4 Å². The predicted molar refractivity (Wildman–Crippen MR) is 63.5 cm³/mol. The predicted octanol–water partition coefficient (Wildman–Crippen LogP) is 3.07. The quantitative estimate of drug-likeness (QED) is 0.459. The van der Waals surface area contributed by atoms with Gasteiger partial charge >= 0.3 is 0 Å². The number of hydrogen-bond acceptors (Lipinski definition) is 2. The Morgan fingerprint density at radius 2 is 1.27 bits per heavy atom. The molecular formula is C13H25O2-. The average molecular weight is 213 g/mol. The zero-order valence-corrected chi connectivity index (χ0v) is 10.3. The van der Waals surface area contributed by atoms with Gasteiger partial charge < -0.3 is 9.90 Å². The van der Waals surface area contributed by atoms with Crippen molar-refractivity contribution in [3.05, 3.63) is 12.7 Å². The molecule has 0 rings (SSSR count). The molecular weight excluding hydrogens is 188 g/mol. The van der Waals surface area contributed by atoms with Gasteiger partial charge in [-0.05, 0) is 6.08 Å². The molecule has 0 amide bonds. The first-order chi connectivity index (χ1) is 7.18. The van der Waals surface area contributed by atoms with Crippen molar-refractivity contribution >= 4 is 5.97 Å². The Bertz CT molecular complexity index is 133. The van der Waals surface area contributed by atoms with Crippen molar-refractivity contribution in [3.8, 4) is 0 Å². The molecule has 90 valence electrons. The SMILES string of the molecule is C=CC(=O)[O-].CCCCCCCCCC. The number of carbonyl (C=O) groups is 1. The van der Waals surface area contributed by atoms with Crippen molar-refractivity contribution in [1.29, 1.82) is 0 Å². The number of hydrogen-bond donors (Lipinski definition) is 0. The third-order valence-corrected chi connectivity index (χ3v) is 2.12. The van der Waals surface area contributed by atoms with Gasteiger partial charge in [-0.1, -0.05) is 71.8 Å². The number of aliphatic carboxylic acids is 1. The molecule has 0 saturated carbocycles. The number of carboxylic acids is 1. The summed E-state index contributed by atoms with van der Waals surface area (Å²) in [5.74, 6) is -1.23. The Labute approximate surface area is 94.4 Å². The van der Waals surface area contributed by atoms with Crippen LogP contribution in [-0.4, -0.2) is 5.97 Å². The van der Waals surface area contributed by atoms with Gasteiger partial charge in [0.05, 0.1) is 5.97 Å². The van der Waals surface area contributed by atoms with Crippen LogP contribution in [0.1, 0.15) is 65.2 Å². The molecule has 15 heavy (non-hydrogen) atoms. The van der Waals surface area contributed by atoms with Crippen LogP contribution in [0.3, 0.4) is 0 Å². The first-order valence-electron chi connectivity index (χ1n) is 6.02. The van der Waals surface area contributed by atoms with Gasteiger partial charge in [-0.3, -0.25) is 0 Å². The lowest BCUT2D eigenvalue weighted by Crippen LogP contribution is -2.17. The number of unbranched alkanes of at least 4 members (excludes halogenated alkanes) is 7. The third-order valence-electron chi connectivity index (χ3n) is 2.12. The van der Waals surface area contributed by atoms with Gasteiger partial charge in [0.15, 0.2) is 0 Å². The maximum Gasteiger partial charge on any atom is 0.0636 e. The van der Waals surface area contributed by atoms with Gasteiger partial charge in [-0.15, -0.1) is 0 Å². The maximum atomic E-state index is 9.14. The Morgan fingerprint density at radius 1 is 1.00 bits per heavy atom. The summed E-state index contributed by atoms with van der Waals surface area (Å²) in [6.45, 7) is 7.44. The minimum Gasteiger partial charge on any atom is -0.545 e. The van der Waals surface area contributed by atoms with E-state index in [0.29, 0.717) is 0 Å². The Hall–Kier alpha value is -0.790. The zero-order valence-electron chi connectivity index (χ0n) is 10.3. The first-order valence-corrected chi connectivity index (χ1v) is 6.02. The lowest BCUT2D eigenvalue weighted by molar-refractivity contribution is -0.297. The van der Waals surface area contributed by atoms with Gasteiger partial charge in [0.2, 0.25) is 0 Å². The van der Waals surface area contributed by atoms with Gasteiger partial charge in [-0.25, -0.2) is 0 Å². The molecule has 0 N–H and O–H groups in total. The number of carbonyl (C=O) groups excluding carboxylic acids is 1. The van der Waals surface area contributed by atoms with E-state index in [0.717, 1.165) is 6.08 Å².